The van der Waals surface area contributed by atoms with Crippen LogP contribution in [0.4, 0.5) is 0 Å². The molecule has 0 saturated carbocycles. The van der Waals surface area contributed by atoms with E-state index in [4.69, 9.17) is 5.26 Å². The smallest absolute Gasteiger partial charge is 0.170 e. The number of rotatable bonds is 3. The van der Waals surface area contributed by atoms with Crippen molar-refractivity contribution in [3.63, 3.8) is 0 Å². The Morgan fingerprint density at radius 2 is 2.00 bits per heavy atom. The van der Waals surface area contributed by atoms with Gasteiger partial charge < -0.3 is 4.98 Å². The summed E-state index contributed by atoms with van der Waals surface area (Å²) in [5.41, 5.74) is 2.74. The van der Waals surface area contributed by atoms with E-state index in [1.807, 2.05) is 12.1 Å². The number of hydrogen-bond acceptors (Lipinski definition) is 3. The third kappa shape index (κ3) is 2.86. The molecule has 4 nitrogen and oxygen atoms in total. The summed E-state index contributed by atoms with van der Waals surface area (Å²) in [6.45, 7) is 0. The molecule has 102 valence electrons. The van der Waals surface area contributed by atoms with Gasteiger partial charge in [-0.1, -0.05) is 28.1 Å². The number of nitrogens with one attached hydrogen (secondary N) is 1. The number of aromatic nitrogens is 2. The molecule has 0 aliphatic carbocycles. The predicted molar refractivity (Wildman–Crippen MR) is 83.0 cm³/mol. The van der Waals surface area contributed by atoms with Gasteiger partial charge >= 0.3 is 0 Å². The van der Waals surface area contributed by atoms with E-state index >= 15 is 0 Å². The summed E-state index contributed by atoms with van der Waals surface area (Å²) in [6, 6.07) is 14.5. The van der Waals surface area contributed by atoms with Gasteiger partial charge in [-0.15, -0.1) is 0 Å². The molecule has 1 heterocycles. The Hall–Kier alpha value is -2.45. The van der Waals surface area contributed by atoms with Gasteiger partial charge in [0, 0.05) is 10.0 Å². The van der Waals surface area contributed by atoms with Gasteiger partial charge in [-0.25, -0.2) is 4.98 Å². The van der Waals surface area contributed by atoms with Crippen LogP contribution in [-0.4, -0.2) is 15.8 Å². The molecule has 5 heteroatoms. The summed E-state index contributed by atoms with van der Waals surface area (Å²) in [6.07, 6.45) is 0.207. The van der Waals surface area contributed by atoms with Crippen LogP contribution in [0.5, 0.6) is 0 Å². The number of benzene rings is 2. The van der Waals surface area contributed by atoms with Crippen molar-refractivity contribution in [3.05, 3.63) is 63.9 Å². The van der Waals surface area contributed by atoms with Crippen molar-refractivity contribution in [2.75, 3.05) is 0 Å². The molecule has 3 aromatic rings. The number of fused-ring (bicyclic) bond motifs is 1. The van der Waals surface area contributed by atoms with Crippen LogP contribution in [0.15, 0.2) is 46.9 Å². The molecule has 0 fully saturated rings. The molecule has 0 aliphatic rings. The highest BCUT2D eigenvalue weighted by atomic mass is 79.9. The lowest BCUT2D eigenvalue weighted by Crippen LogP contribution is -2.04. The lowest BCUT2D eigenvalue weighted by molar-refractivity contribution is 0.0991. The highest BCUT2D eigenvalue weighted by Gasteiger charge is 2.10. The Labute approximate surface area is 129 Å². The van der Waals surface area contributed by atoms with Crippen molar-refractivity contribution in [1.29, 1.82) is 5.26 Å². The van der Waals surface area contributed by atoms with E-state index in [0.29, 0.717) is 17.0 Å². The zero-order valence-electron chi connectivity index (χ0n) is 10.9. The van der Waals surface area contributed by atoms with E-state index < -0.39 is 0 Å². The van der Waals surface area contributed by atoms with E-state index in [9.17, 15) is 4.79 Å². The Morgan fingerprint density at radius 1 is 1.24 bits per heavy atom. The maximum absolute atomic E-state index is 12.2. The molecule has 0 unspecified atom stereocenters. The van der Waals surface area contributed by atoms with Gasteiger partial charge in [0.15, 0.2) is 5.78 Å². The molecule has 21 heavy (non-hydrogen) atoms. The molecule has 0 amide bonds. The van der Waals surface area contributed by atoms with Crippen LogP contribution in [0.3, 0.4) is 0 Å². The number of nitriles is 1. The molecule has 0 spiro atoms. The van der Waals surface area contributed by atoms with Crippen molar-refractivity contribution in [3.8, 4) is 6.07 Å². The Bertz CT molecular complexity index is 859. The number of H-pyrrole nitrogens is 1. The van der Waals surface area contributed by atoms with E-state index in [1.54, 1.807) is 30.3 Å². The monoisotopic (exact) mass is 339 g/mol. The first kappa shape index (κ1) is 13.5. The Balaban J connectivity index is 1.86. The summed E-state index contributed by atoms with van der Waals surface area (Å²) in [5.74, 6) is 0.607. The number of carbonyl (C=O) groups is 1. The standard InChI is InChI=1S/C16H10BrN3O/c17-12-4-2-11(3-5-12)15(21)8-16-19-13-6-1-10(9-18)7-14(13)20-16/h1-7H,8H2,(H,19,20). The summed E-state index contributed by atoms with van der Waals surface area (Å²) >= 11 is 3.34. The Morgan fingerprint density at radius 3 is 2.71 bits per heavy atom. The third-order valence-corrected chi connectivity index (χ3v) is 3.68. The maximum atomic E-state index is 12.2. The van der Waals surface area contributed by atoms with E-state index in [2.05, 4.69) is 32.0 Å². The topological polar surface area (TPSA) is 69.5 Å². The van der Waals surface area contributed by atoms with Crippen LogP contribution in [0, 0.1) is 11.3 Å². The number of halogens is 1. The summed E-state index contributed by atoms with van der Waals surface area (Å²) in [5, 5.41) is 8.88. The molecule has 1 N–H and O–H groups in total. The first-order valence-corrected chi connectivity index (χ1v) is 7.12. The van der Waals surface area contributed by atoms with Crippen LogP contribution in [-0.2, 0) is 6.42 Å². The summed E-state index contributed by atoms with van der Waals surface area (Å²) in [4.78, 5) is 19.7. The molecule has 1 aromatic heterocycles. The fourth-order valence-electron chi connectivity index (χ4n) is 2.11. The number of Topliss-reactive ketones (excluding diaryl/α,β-unsaturated/α-hetero) is 1. The van der Waals surface area contributed by atoms with Crippen molar-refractivity contribution < 1.29 is 4.79 Å². The first-order chi connectivity index (χ1) is 10.2. The van der Waals surface area contributed by atoms with Crippen LogP contribution < -0.4 is 0 Å². The number of nitrogens with zero attached hydrogens (tertiary/aromatic N) is 2. The average molecular weight is 340 g/mol. The minimum atomic E-state index is 0.00191. The summed E-state index contributed by atoms with van der Waals surface area (Å²) < 4.78 is 0.937. The SMILES string of the molecule is N#Cc1ccc2nc(CC(=O)c3ccc(Br)cc3)[nH]c2c1. The van der Waals surface area contributed by atoms with Crippen LogP contribution >= 0.6 is 15.9 Å². The third-order valence-electron chi connectivity index (χ3n) is 3.15. The average Bonchev–Trinajstić information content (AvgIpc) is 2.88. The molecule has 0 atom stereocenters. The van der Waals surface area contributed by atoms with Crippen LogP contribution in [0.25, 0.3) is 11.0 Å². The van der Waals surface area contributed by atoms with Crippen LogP contribution in [0.1, 0.15) is 21.7 Å². The number of aromatic amines is 1. The molecule has 3 rings (SSSR count). The largest absolute Gasteiger partial charge is 0.342 e. The minimum Gasteiger partial charge on any atom is -0.342 e. The number of imidazole rings is 1. The van der Waals surface area contributed by atoms with Gasteiger partial charge in [0.1, 0.15) is 5.82 Å². The fraction of sp³-hybridized carbons (Fsp3) is 0.0625. The van der Waals surface area contributed by atoms with Crippen molar-refractivity contribution in [2.24, 2.45) is 0 Å². The number of carbonyl (C=O) groups excluding carboxylic acids is 1. The Kier molecular flexibility index (Phi) is 3.55. The lowest BCUT2D eigenvalue weighted by atomic mass is 10.1. The second-order valence-corrected chi connectivity index (χ2v) is 5.55. The lowest BCUT2D eigenvalue weighted by Gasteiger charge is -1.98. The van der Waals surface area contributed by atoms with Gasteiger partial charge in [-0.05, 0) is 30.3 Å². The quantitative estimate of drug-likeness (QED) is 0.741. The normalized spacial score (nSPS) is 10.5. The van der Waals surface area contributed by atoms with Gasteiger partial charge in [0.25, 0.3) is 0 Å². The van der Waals surface area contributed by atoms with Gasteiger partial charge in [0.05, 0.1) is 29.1 Å². The van der Waals surface area contributed by atoms with Crippen molar-refractivity contribution in [1.82, 2.24) is 9.97 Å². The fourth-order valence-corrected chi connectivity index (χ4v) is 2.37. The zero-order valence-corrected chi connectivity index (χ0v) is 12.5. The molecular weight excluding hydrogens is 330 g/mol. The van der Waals surface area contributed by atoms with Crippen LogP contribution in [0.2, 0.25) is 0 Å². The number of ketones is 1. The van der Waals surface area contributed by atoms with E-state index in [-0.39, 0.29) is 12.2 Å². The molecule has 0 aliphatic heterocycles. The minimum absolute atomic E-state index is 0.00191. The van der Waals surface area contributed by atoms with Gasteiger partial charge in [-0.3, -0.25) is 4.79 Å². The highest BCUT2D eigenvalue weighted by Crippen LogP contribution is 2.16. The zero-order chi connectivity index (χ0) is 14.8. The van der Waals surface area contributed by atoms with Crippen molar-refractivity contribution >= 4 is 32.7 Å². The first-order valence-electron chi connectivity index (χ1n) is 6.33. The van der Waals surface area contributed by atoms with E-state index in [0.717, 1.165) is 15.5 Å². The highest BCUT2D eigenvalue weighted by molar-refractivity contribution is 9.10. The van der Waals surface area contributed by atoms with Gasteiger partial charge in [-0.2, -0.15) is 5.26 Å². The van der Waals surface area contributed by atoms with Crippen molar-refractivity contribution in [2.45, 2.75) is 6.42 Å². The molecule has 0 radical (unpaired) electrons. The second-order valence-electron chi connectivity index (χ2n) is 4.63. The van der Waals surface area contributed by atoms with E-state index in [1.165, 1.54) is 0 Å². The molecular formula is C16H10BrN3O. The summed E-state index contributed by atoms with van der Waals surface area (Å²) in [7, 11) is 0. The number of hydrogen-bond donors (Lipinski definition) is 1. The molecule has 0 saturated heterocycles. The molecule has 2 aromatic carbocycles. The van der Waals surface area contributed by atoms with Gasteiger partial charge in [0.2, 0.25) is 0 Å². The second kappa shape index (κ2) is 5.51. The maximum Gasteiger partial charge on any atom is 0.170 e. The molecule has 0 bridgehead atoms. The predicted octanol–water partition coefficient (Wildman–Crippen LogP) is 3.62.